The lowest BCUT2D eigenvalue weighted by Gasteiger charge is -2.39. The Kier molecular flexibility index (Phi) is 7.87. The predicted octanol–water partition coefficient (Wildman–Crippen LogP) is 6.50. The Labute approximate surface area is 265 Å². The Morgan fingerprint density at radius 1 is 1.15 bits per heavy atom. The second-order valence-corrected chi connectivity index (χ2v) is 13.2. The summed E-state index contributed by atoms with van der Waals surface area (Å²) in [6, 6.07) is 11.4. The molecule has 2 bridgehead atoms. The van der Waals surface area contributed by atoms with E-state index in [2.05, 4.69) is 27.0 Å². The predicted molar refractivity (Wildman–Crippen MR) is 162 cm³/mol. The van der Waals surface area contributed by atoms with Crippen LogP contribution in [0.5, 0.6) is 5.75 Å². The number of nitrogens with zero attached hydrogens (tertiary/aromatic N) is 3. The van der Waals surface area contributed by atoms with Crippen molar-refractivity contribution >= 4 is 38.6 Å². The van der Waals surface area contributed by atoms with Gasteiger partial charge in [0.2, 0.25) is 0 Å². The molecule has 7 rings (SSSR count). The third-order valence-electron chi connectivity index (χ3n) is 8.95. The maximum absolute atomic E-state index is 13.2. The van der Waals surface area contributed by atoms with Crippen molar-refractivity contribution in [1.82, 2.24) is 15.5 Å². The molecule has 2 saturated heterocycles. The summed E-state index contributed by atoms with van der Waals surface area (Å²) < 4.78 is 56.8. The number of hydrogen-bond donors (Lipinski definition) is 2. The van der Waals surface area contributed by atoms with E-state index in [4.69, 9.17) is 19.4 Å². The number of nitrogens with one attached hydrogen (secondary N) is 1. The first kappa shape index (κ1) is 30.5. The molecule has 3 aliphatic rings. The number of thiazole rings is 1. The molecule has 10 nitrogen and oxygen atoms in total. The molecule has 2 aliphatic heterocycles. The number of aliphatic carboxylic acids is 1. The van der Waals surface area contributed by atoms with Crippen LogP contribution in [0.1, 0.15) is 66.6 Å². The third-order valence-corrected chi connectivity index (χ3v) is 9.98. The van der Waals surface area contributed by atoms with Crippen LogP contribution < -0.4 is 15.0 Å². The summed E-state index contributed by atoms with van der Waals surface area (Å²) in [5.74, 6) is -0.674. The number of hydrogen-bond acceptors (Lipinski definition) is 9. The molecule has 2 N–H and O–H groups in total. The summed E-state index contributed by atoms with van der Waals surface area (Å²) in [5, 5.41) is 16.3. The Morgan fingerprint density at radius 2 is 1.96 bits per heavy atom. The smallest absolute Gasteiger partial charge is 0.480 e. The number of carbonyl (C=O) groups excluding carboxylic acids is 1. The van der Waals surface area contributed by atoms with Crippen LogP contribution in [0.3, 0.4) is 0 Å². The minimum Gasteiger partial charge on any atom is -0.480 e. The van der Waals surface area contributed by atoms with Crippen LogP contribution in [-0.4, -0.2) is 58.2 Å². The van der Waals surface area contributed by atoms with E-state index >= 15 is 0 Å². The van der Waals surface area contributed by atoms with Crippen molar-refractivity contribution in [2.24, 2.45) is 5.92 Å². The second-order valence-electron chi connectivity index (χ2n) is 12.2. The highest BCUT2D eigenvalue weighted by atomic mass is 32.1. The van der Waals surface area contributed by atoms with E-state index in [1.165, 1.54) is 23.5 Å². The van der Waals surface area contributed by atoms with Gasteiger partial charge in [-0.05, 0) is 68.4 Å². The third kappa shape index (κ3) is 6.15. The number of benzene rings is 2. The molecule has 4 atom stereocenters. The summed E-state index contributed by atoms with van der Waals surface area (Å²) >= 11 is 1.50. The van der Waals surface area contributed by atoms with Gasteiger partial charge in [-0.25, -0.2) is 4.98 Å². The SMILES string of the molecule is C[C@@H]1CC2CC(OCc3c(-c4ccccc4OC(F)(F)F)noc3C3CC3)CC1N2c1nc2ccc(C(=O)NCC(=O)O)cc2s1. The first-order valence-electron chi connectivity index (χ1n) is 15.2. The number of halogens is 3. The van der Waals surface area contributed by atoms with Gasteiger partial charge >= 0.3 is 12.3 Å². The van der Waals surface area contributed by atoms with Gasteiger partial charge in [0.1, 0.15) is 23.7 Å². The van der Waals surface area contributed by atoms with Crippen LogP contribution in [-0.2, 0) is 16.1 Å². The van der Waals surface area contributed by atoms with Gasteiger partial charge in [-0.3, -0.25) is 9.59 Å². The minimum absolute atomic E-state index is 0.0772. The van der Waals surface area contributed by atoms with Gasteiger partial charge < -0.3 is 29.3 Å². The number of carboxylic acid groups (broad SMARTS) is 1. The van der Waals surface area contributed by atoms with Crippen molar-refractivity contribution in [3.8, 4) is 17.0 Å². The van der Waals surface area contributed by atoms with Crippen LogP contribution in [0, 0.1) is 5.92 Å². The molecular formula is C32H31F3N4O6S. The fraction of sp³-hybridized carbons (Fsp3) is 0.438. The molecule has 4 aromatic rings. The van der Waals surface area contributed by atoms with Crippen LogP contribution in [0.4, 0.5) is 18.3 Å². The van der Waals surface area contributed by atoms with E-state index in [0.717, 1.165) is 47.5 Å². The molecule has 3 fully saturated rings. The summed E-state index contributed by atoms with van der Waals surface area (Å²) in [6.45, 7) is 1.93. The van der Waals surface area contributed by atoms with Crippen molar-refractivity contribution in [2.45, 2.75) is 76.1 Å². The maximum atomic E-state index is 13.2. The fourth-order valence-corrected chi connectivity index (χ4v) is 7.88. The number of rotatable bonds is 10. The standard InChI is InChI=1S/C32H31F3N4O6S/c1-16-10-19-12-20(13-24(16)39(19)31-37-23-9-8-18(11-26(23)46-31)30(42)36-14-27(40)41)43-15-22-28(38-45-29(22)17-6-7-17)21-4-2-3-5-25(21)44-32(33,34)35/h2-5,8-9,11,16-17,19-20,24H,6-7,10,12-15H2,1H3,(H,36,42)(H,40,41)/t16-,19?,20?,24?/m1/s1. The lowest BCUT2D eigenvalue weighted by molar-refractivity contribution is -0.274. The lowest BCUT2D eigenvalue weighted by atomic mass is 9.97. The van der Waals surface area contributed by atoms with Gasteiger partial charge in [-0.2, -0.15) is 0 Å². The molecule has 1 aliphatic carbocycles. The number of amides is 1. The largest absolute Gasteiger partial charge is 0.573 e. The number of carbonyl (C=O) groups is 2. The molecular weight excluding hydrogens is 625 g/mol. The van der Waals surface area contributed by atoms with Gasteiger partial charge in [0.05, 0.1) is 22.9 Å². The highest BCUT2D eigenvalue weighted by Gasteiger charge is 2.47. The number of anilines is 1. The number of alkyl halides is 3. The minimum atomic E-state index is -4.85. The molecule has 0 spiro atoms. The number of piperidine rings is 1. The molecule has 242 valence electrons. The van der Waals surface area contributed by atoms with Crippen molar-refractivity contribution in [3.63, 3.8) is 0 Å². The molecule has 46 heavy (non-hydrogen) atoms. The molecule has 2 aromatic carbocycles. The number of aromatic nitrogens is 2. The average Bonchev–Trinajstić information content (AvgIpc) is 3.56. The first-order chi connectivity index (χ1) is 22.0. The quantitative estimate of drug-likeness (QED) is 0.197. The first-order valence-corrected chi connectivity index (χ1v) is 16.0. The lowest BCUT2D eigenvalue weighted by Crippen LogP contribution is -2.46. The summed E-state index contributed by atoms with van der Waals surface area (Å²) in [4.78, 5) is 30.5. The molecule has 0 radical (unpaired) electrons. The number of carboxylic acids is 1. The Bertz CT molecular complexity index is 1790. The number of fused-ring (bicyclic) bond motifs is 3. The number of para-hydroxylation sites is 1. The fourth-order valence-electron chi connectivity index (χ4n) is 6.74. The summed E-state index contributed by atoms with van der Waals surface area (Å²) in [7, 11) is 0. The molecule has 3 unspecified atom stereocenters. The molecule has 1 saturated carbocycles. The van der Waals surface area contributed by atoms with Gasteiger partial charge in [0.15, 0.2) is 5.13 Å². The Balaban J connectivity index is 1.08. The zero-order valence-corrected chi connectivity index (χ0v) is 25.6. The van der Waals surface area contributed by atoms with Crippen LogP contribution in [0.15, 0.2) is 47.0 Å². The zero-order valence-electron chi connectivity index (χ0n) is 24.8. The number of ether oxygens (including phenoxy) is 2. The molecule has 4 heterocycles. The average molecular weight is 657 g/mol. The van der Waals surface area contributed by atoms with Crippen LogP contribution in [0.2, 0.25) is 0 Å². The van der Waals surface area contributed by atoms with E-state index in [1.54, 1.807) is 30.3 Å². The second kappa shape index (κ2) is 11.9. The van der Waals surface area contributed by atoms with Crippen molar-refractivity contribution in [3.05, 3.63) is 59.4 Å². The zero-order chi connectivity index (χ0) is 32.2. The molecule has 2 aromatic heterocycles. The maximum Gasteiger partial charge on any atom is 0.573 e. The van der Waals surface area contributed by atoms with Crippen molar-refractivity contribution < 1.29 is 41.9 Å². The monoisotopic (exact) mass is 656 g/mol. The normalized spacial score (nSPS) is 22.7. The van der Waals surface area contributed by atoms with E-state index in [1.807, 2.05) is 0 Å². The molecule has 1 amide bonds. The van der Waals surface area contributed by atoms with Gasteiger partial charge in [0, 0.05) is 34.7 Å². The Hall–Kier alpha value is -4.17. The van der Waals surface area contributed by atoms with E-state index in [-0.39, 0.29) is 42.0 Å². The van der Waals surface area contributed by atoms with E-state index in [9.17, 15) is 22.8 Å². The van der Waals surface area contributed by atoms with Crippen LogP contribution in [0.25, 0.3) is 21.5 Å². The Morgan fingerprint density at radius 3 is 2.70 bits per heavy atom. The van der Waals surface area contributed by atoms with E-state index in [0.29, 0.717) is 28.5 Å². The topological polar surface area (TPSA) is 127 Å². The molecule has 14 heteroatoms. The summed E-state index contributed by atoms with van der Waals surface area (Å²) in [5.41, 5.74) is 2.32. The van der Waals surface area contributed by atoms with E-state index < -0.39 is 24.8 Å². The highest BCUT2D eigenvalue weighted by molar-refractivity contribution is 7.22. The van der Waals surface area contributed by atoms with Gasteiger partial charge in [-0.1, -0.05) is 35.5 Å². The van der Waals surface area contributed by atoms with Crippen molar-refractivity contribution in [2.75, 3.05) is 11.4 Å². The van der Waals surface area contributed by atoms with Gasteiger partial charge in [-0.15, -0.1) is 13.2 Å². The summed E-state index contributed by atoms with van der Waals surface area (Å²) in [6.07, 6.45) is -0.584. The van der Waals surface area contributed by atoms with Gasteiger partial charge in [0.25, 0.3) is 5.91 Å². The highest BCUT2D eigenvalue weighted by Crippen LogP contribution is 2.48. The van der Waals surface area contributed by atoms with Crippen LogP contribution >= 0.6 is 11.3 Å². The van der Waals surface area contributed by atoms with Crippen molar-refractivity contribution in [1.29, 1.82) is 0 Å².